The molecule has 0 saturated heterocycles. The van der Waals surface area contributed by atoms with E-state index in [-0.39, 0.29) is 6.71 Å². The summed E-state index contributed by atoms with van der Waals surface area (Å²) in [5.74, 6) is 3.30. The van der Waals surface area contributed by atoms with E-state index < -0.39 is 0 Å². The quantitative estimate of drug-likeness (QED) is 0.177. The summed E-state index contributed by atoms with van der Waals surface area (Å²) in [6.07, 6.45) is 3.89. The van der Waals surface area contributed by atoms with Crippen LogP contribution in [0.15, 0.2) is 138 Å². The number of pyridine rings is 1. The molecule has 0 unspecified atom stereocenters. The maximum Gasteiger partial charge on any atom is 0.260 e. The molecule has 0 atom stereocenters. The van der Waals surface area contributed by atoms with Gasteiger partial charge in [0.1, 0.15) is 34.3 Å². The fraction of sp³-hybridized carbons (Fsp3) is 0.0889. The minimum atomic E-state index is 0.0163. The number of ether oxygens (including phenoxy) is 2. The lowest BCUT2D eigenvalue weighted by Gasteiger charge is -2.33. The van der Waals surface area contributed by atoms with Gasteiger partial charge in [0, 0.05) is 27.4 Å². The third-order valence-corrected chi connectivity index (χ3v) is 10.8. The average Bonchev–Trinajstić information content (AvgIpc) is 3.54. The topological polar surface area (TPSA) is 44.5 Å². The van der Waals surface area contributed by atoms with E-state index >= 15 is 0 Å². The molecule has 0 amide bonds. The van der Waals surface area contributed by atoms with Crippen LogP contribution in [0.1, 0.15) is 22.3 Å². The number of hydrogen-bond acceptors (Lipinski definition) is 4. The number of aromatic nitrogens is 1. The van der Waals surface area contributed by atoms with Crippen LogP contribution >= 0.6 is 0 Å². The van der Waals surface area contributed by atoms with Crippen molar-refractivity contribution >= 4 is 45.0 Å². The van der Waals surface area contributed by atoms with Gasteiger partial charge in [-0.3, -0.25) is 0 Å². The Labute approximate surface area is 290 Å². The second-order valence-corrected chi connectivity index (χ2v) is 13.7. The summed E-state index contributed by atoms with van der Waals surface area (Å²) < 4.78 is 20.0. The van der Waals surface area contributed by atoms with E-state index in [4.69, 9.17) is 18.9 Å². The Morgan fingerprint density at radius 3 is 1.88 bits per heavy atom. The van der Waals surface area contributed by atoms with Crippen molar-refractivity contribution in [1.29, 1.82) is 0 Å². The lowest BCUT2D eigenvalue weighted by molar-refractivity contribution is 0.465. The zero-order valence-electron chi connectivity index (χ0n) is 27.3. The molecule has 5 heteroatoms. The number of rotatable bonds is 2. The summed E-state index contributed by atoms with van der Waals surface area (Å²) >= 11 is 0. The van der Waals surface area contributed by atoms with Crippen LogP contribution < -0.4 is 25.9 Å². The first-order valence-electron chi connectivity index (χ1n) is 17.5. The van der Waals surface area contributed by atoms with Gasteiger partial charge >= 0.3 is 0 Å². The number of hydrogen-bond donors (Lipinski definition) is 0. The second-order valence-electron chi connectivity index (χ2n) is 13.7. The lowest BCUT2D eigenvalue weighted by atomic mass is 9.35. The van der Waals surface area contributed by atoms with Crippen LogP contribution in [0.3, 0.4) is 0 Å². The van der Waals surface area contributed by atoms with Gasteiger partial charge in [-0.1, -0.05) is 91.0 Å². The monoisotopic (exact) mass is 643 g/mol. The minimum absolute atomic E-state index is 0.0163. The standard InChI is InChI=1S/C45H30BNO3/c1-4-10-38-32(7-1)34-26-37(33-23-29-18-17-27-13-15-28(16-14-27)19-21-30(33)22-20-29)47-44(45(34)50-38)31-24-41-43-42(25-31)49-40-12-6-3-9-36(40)46(43)35-8-2-5-11-39(35)48-41/h1-16,20,22-26H,17-19,21H2. The van der Waals surface area contributed by atoms with Crippen molar-refractivity contribution in [3.63, 3.8) is 0 Å². The predicted octanol–water partition coefficient (Wildman–Crippen LogP) is 8.93. The third-order valence-electron chi connectivity index (χ3n) is 10.8. The van der Waals surface area contributed by atoms with Gasteiger partial charge in [0.15, 0.2) is 5.58 Å². The molecule has 4 bridgehead atoms. The average molecular weight is 644 g/mol. The molecule has 4 nitrogen and oxygen atoms in total. The number of benzene rings is 6. The van der Waals surface area contributed by atoms with E-state index in [0.717, 1.165) is 104 Å². The third kappa shape index (κ3) is 4.29. The second kappa shape index (κ2) is 10.7. The fourth-order valence-electron chi connectivity index (χ4n) is 8.26. The highest BCUT2D eigenvalue weighted by molar-refractivity contribution is 6.98. The number of fused-ring (bicyclic) bond motifs is 7. The SMILES string of the molecule is c1ccc2c(c1)Oc1cc(-c3nc(-c4cc5ccc4CCc4ccc(cc4)CC5)cc4c3oc3ccccc34)cc3c1B2c1ccccc1O3. The first kappa shape index (κ1) is 27.8. The molecule has 8 aromatic rings. The molecule has 4 aliphatic carbocycles. The van der Waals surface area contributed by atoms with Gasteiger partial charge in [0.2, 0.25) is 0 Å². The molecule has 50 heavy (non-hydrogen) atoms. The van der Waals surface area contributed by atoms with Crippen molar-refractivity contribution in [2.24, 2.45) is 0 Å². The number of furan rings is 1. The summed E-state index contributed by atoms with van der Waals surface area (Å²) in [6, 6.07) is 47.6. The Bertz CT molecular complexity index is 2600. The van der Waals surface area contributed by atoms with Crippen LogP contribution in [0.2, 0.25) is 0 Å². The number of para-hydroxylation sites is 3. The fourth-order valence-corrected chi connectivity index (χ4v) is 8.26. The van der Waals surface area contributed by atoms with Gasteiger partial charge in [0.25, 0.3) is 6.71 Å². The Morgan fingerprint density at radius 1 is 0.520 bits per heavy atom. The Morgan fingerprint density at radius 2 is 1.14 bits per heavy atom. The normalized spacial score (nSPS) is 14.0. The zero-order chi connectivity index (χ0) is 32.8. The van der Waals surface area contributed by atoms with E-state index in [0.29, 0.717) is 0 Å². The molecule has 14 rings (SSSR count). The van der Waals surface area contributed by atoms with Crippen molar-refractivity contribution in [2.45, 2.75) is 25.7 Å². The molecular weight excluding hydrogens is 613 g/mol. The summed E-state index contributed by atoms with van der Waals surface area (Å²) in [4.78, 5) is 5.49. The van der Waals surface area contributed by atoms with Crippen LogP contribution in [0.25, 0.3) is 44.5 Å². The first-order chi connectivity index (χ1) is 24.7. The van der Waals surface area contributed by atoms with Gasteiger partial charge in [-0.25, -0.2) is 4.98 Å². The van der Waals surface area contributed by atoms with Crippen LogP contribution in [0.5, 0.6) is 23.0 Å². The van der Waals surface area contributed by atoms with E-state index in [1.165, 1.54) is 27.8 Å². The van der Waals surface area contributed by atoms with Crippen molar-refractivity contribution in [1.82, 2.24) is 4.98 Å². The van der Waals surface area contributed by atoms with Gasteiger partial charge in [0.05, 0.1) is 5.69 Å². The molecule has 0 N–H and O–H groups in total. The highest BCUT2D eigenvalue weighted by Crippen LogP contribution is 2.42. The minimum Gasteiger partial charge on any atom is -0.458 e. The van der Waals surface area contributed by atoms with Crippen LogP contribution in [-0.4, -0.2) is 11.7 Å². The molecular formula is C45H30BNO3. The molecule has 0 radical (unpaired) electrons. The van der Waals surface area contributed by atoms with Gasteiger partial charge in [-0.05, 0) is 101 Å². The summed E-state index contributed by atoms with van der Waals surface area (Å²) in [5.41, 5.74) is 14.1. The maximum atomic E-state index is 6.68. The Kier molecular flexibility index (Phi) is 5.97. The van der Waals surface area contributed by atoms with Crippen LogP contribution in [-0.2, 0) is 25.7 Å². The smallest absolute Gasteiger partial charge is 0.260 e. The van der Waals surface area contributed by atoms with E-state index in [2.05, 4.69) is 109 Å². The molecule has 6 aliphatic rings. The van der Waals surface area contributed by atoms with Crippen molar-refractivity contribution < 1.29 is 13.9 Å². The number of nitrogens with zero attached hydrogens (tertiary/aromatic N) is 1. The molecule has 0 fully saturated rings. The van der Waals surface area contributed by atoms with Gasteiger partial charge in [-0.15, -0.1) is 0 Å². The Balaban J connectivity index is 1.14. The van der Waals surface area contributed by atoms with Gasteiger partial charge < -0.3 is 13.9 Å². The van der Waals surface area contributed by atoms with Crippen LogP contribution in [0, 0.1) is 0 Å². The molecule has 6 aromatic carbocycles. The van der Waals surface area contributed by atoms with Crippen molar-refractivity contribution in [3.05, 3.63) is 156 Å². The summed E-state index contributed by atoms with van der Waals surface area (Å²) in [7, 11) is 0. The summed E-state index contributed by atoms with van der Waals surface area (Å²) in [6.45, 7) is 0.0163. The largest absolute Gasteiger partial charge is 0.458 e. The molecule has 2 aromatic heterocycles. The van der Waals surface area contributed by atoms with E-state index in [9.17, 15) is 0 Å². The van der Waals surface area contributed by atoms with Gasteiger partial charge in [-0.2, -0.15) is 0 Å². The van der Waals surface area contributed by atoms with Crippen molar-refractivity contribution in [2.75, 3.05) is 0 Å². The highest BCUT2D eigenvalue weighted by Gasteiger charge is 2.40. The zero-order valence-corrected chi connectivity index (χ0v) is 27.3. The molecule has 4 heterocycles. The highest BCUT2D eigenvalue weighted by atomic mass is 16.5. The van der Waals surface area contributed by atoms with Crippen LogP contribution in [0.4, 0.5) is 0 Å². The number of aryl methyl sites for hydroxylation is 4. The lowest BCUT2D eigenvalue weighted by Crippen LogP contribution is -2.57. The Hall–Kier alpha value is -6.07. The molecule has 2 aliphatic heterocycles. The summed E-state index contributed by atoms with van der Waals surface area (Å²) in [5, 5.41) is 2.13. The predicted molar refractivity (Wildman–Crippen MR) is 201 cm³/mol. The molecule has 0 saturated carbocycles. The molecule has 236 valence electrons. The van der Waals surface area contributed by atoms with Crippen molar-refractivity contribution in [3.8, 4) is 45.5 Å². The van der Waals surface area contributed by atoms with E-state index in [1.54, 1.807) is 0 Å². The first-order valence-corrected chi connectivity index (χ1v) is 17.5. The van der Waals surface area contributed by atoms with E-state index in [1.807, 2.05) is 24.3 Å². The molecule has 0 spiro atoms. The maximum absolute atomic E-state index is 6.68.